The predicted octanol–water partition coefficient (Wildman–Crippen LogP) is 1.85. The van der Waals surface area contributed by atoms with Gasteiger partial charge in [-0.2, -0.15) is 5.10 Å². The van der Waals surface area contributed by atoms with E-state index >= 15 is 0 Å². The topological polar surface area (TPSA) is 65.8 Å². The molecule has 0 unspecified atom stereocenters. The van der Waals surface area contributed by atoms with Crippen LogP contribution < -0.4 is 11.3 Å². The number of nitrogens with two attached hydrogens (primary N) is 1. The van der Waals surface area contributed by atoms with Gasteiger partial charge < -0.3 is 10.3 Å². The highest BCUT2D eigenvalue weighted by Gasteiger charge is 2.10. The van der Waals surface area contributed by atoms with Crippen LogP contribution in [0.3, 0.4) is 0 Å². The Labute approximate surface area is 116 Å². The maximum Gasteiger partial charge on any atom is 0.274 e. The van der Waals surface area contributed by atoms with E-state index in [1.165, 1.54) is 0 Å². The van der Waals surface area contributed by atoms with Crippen LogP contribution in [0, 0.1) is 0 Å². The Morgan fingerprint density at radius 1 is 1.20 bits per heavy atom. The van der Waals surface area contributed by atoms with Gasteiger partial charge in [0.15, 0.2) is 0 Å². The third-order valence-corrected chi connectivity index (χ3v) is 3.40. The largest absolute Gasteiger partial charge is 0.394 e. The van der Waals surface area contributed by atoms with Crippen LogP contribution in [0.1, 0.15) is 12.6 Å². The van der Waals surface area contributed by atoms with E-state index in [1.54, 1.807) is 22.9 Å². The first-order valence-electron chi connectivity index (χ1n) is 6.60. The number of para-hydroxylation sites is 1. The number of rotatable bonds is 3. The van der Waals surface area contributed by atoms with Crippen LogP contribution in [0.15, 0.2) is 47.4 Å². The molecular weight excluding hydrogens is 252 g/mol. The van der Waals surface area contributed by atoms with Crippen LogP contribution in [0.4, 0.5) is 5.69 Å². The predicted molar refractivity (Wildman–Crippen MR) is 79.6 cm³/mol. The third kappa shape index (κ3) is 1.97. The quantitative estimate of drug-likeness (QED) is 0.788. The minimum absolute atomic E-state index is 0.178. The summed E-state index contributed by atoms with van der Waals surface area (Å²) < 4.78 is 3.53. The van der Waals surface area contributed by atoms with Crippen molar-refractivity contribution in [1.82, 2.24) is 14.3 Å². The van der Waals surface area contributed by atoms with Gasteiger partial charge in [0.25, 0.3) is 5.56 Å². The summed E-state index contributed by atoms with van der Waals surface area (Å²) in [6.07, 6.45) is 1.73. The zero-order valence-electron chi connectivity index (χ0n) is 11.3. The Kier molecular flexibility index (Phi) is 3.02. The molecule has 0 bridgehead atoms. The highest BCUT2D eigenvalue weighted by Crippen LogP contribution is 2.18. The molecule has 0 aliphatic carbocycles. The van der Waals surface area contributed by atoms with Crippen LogP contribution in [0.25, 0.3) is 10.9 Å². The van der Waals surface area contributed by atoms with Crippen LogP contribution >= 0.6 is 0 Å². The molecule has 0 aliphatic heterocycles. The smallest absolute Gasteiger partial charge is 0.274 e. The second-order valence-corrected chi connectivity index (χ2v) is 4.68. The van der Waals surface area contributed by atoms with Crippen molar-refractivity contribution in [2.75, 3.05) is 5.73 Å². The number of fused-ring (bicyclic) bond motifs is 1. The number of anilines is 1. The molecule has 20 heavy (non-hydrogen) atoms. The first-order chi connectivity index (χ1) is 9.70. The monoisotopic (exact) mass is 268 g/mol. The van der Waals surface area contributed by atoms with Crippen LogP contribution in [0.5, 0.6) is 0 Å². The summed E-state index contributed by atoms with van der Waals surface area (Å²) in [6.45, 7) is 3.28. The van der Waals surface area contributed by atoms with Crippen molar-refractivity contribution in [3.05, 3.63) is 58.6 Å². The molecule has 102 valence electrons. The average molecular weight is 268 g/mol. The number of nitrogens with zero attached hydrogens (tertiary/aromatic N) is 3. The Bertz CT molecular complexity index is 816. The molecule has 0 atom stereocenters. The second-order valence-electron chi connectivity index (χ2n) is 4.68. The minimum Gasteiger partial charge on any atom is -0.394 e. The first kappa shape index (κ1) is 12.5. The lowest BCUT2D eigenvalue weighted by molar-refractivity contribution is 0.648. The van der Waals surface area contributed by atoms with Gasteiger partial charge in [-0.05, 0) is 25.1 Å². The summed E-state index contributed by atoms with van der Waals surface area (Å²) in [4.78, 5) is 12.0. The van der Waals surface area contributed by atoms with Gasteiger partial charge in [-0.3, -0.25) is 9.48 Å². The standard InChI is InChI=1S/C15H16N4O/c1-2-19-14-8-4-3-6-11(14)13(17-19)10-18-9-5-7-12(16)15(18)20/h3-9H,2,10,16H2,1H3. The van der Waals surface area contributed by atoms with Crippen molar-refractivity contribution < 1.29 is 0 Å². The van der Waals surface area contributed by atoms with Gasteiger partial charge in [-0.25, -0.2) is 0 Å². The summed E-state index contributed by atoms with van der Waals surface area (Å²) >= 11 is 0. The number of nitrogen functional groups attached to an aromatic ring is 1. The lowest BCUT2D eigenvalue weighted by Crippen LogP contribution is -2.22. The highest BCUT2D eigenvalue weighted by molar-refractivity contribution is 5.81. The summed E-state index contributed by atoms with van der Waals surface area (Å²) in [7, 11) is 0. The lowest BCUT2D eigenvalue weighted by atomic mass is 10.2. The molecule has 2 aromatic heterocycles. The molecular formula is C15H16N4O. The zero-order chi connectivity index (χ0) is 14.1. The number of hydrogen-bond donors (Lipinski definition) is 1. The Hall–Kier alpha value is -2.56. The molecule has 0 aliphatic rings. The number of benzene rings is 1. The number of hydrogen-bond acceptors (Lipinski definition) is 3. The molecule has 3 aromatic rings. The van der Waals surface area contributed by atoms with E-state index in [0.29, 0.717) is 6.54 Å². The molecule has 2 heterocycles. The molecule has 3 rings (SSSR count). The summed E-state index contributed by atoms with van der Waals surface area (Å²) in [5.74, 6) is 0. The molecule has 0 spiro atoms. The molecule has 2 N–H and O–H groups in total. The fourth-order valence-electron chi connectivity index (χ4n) is 2.40. The normalized spacial score (nSPS) is 11.1. The molecule has 1 aromatic carbocycles. The van der Waals surface area contributed by atoms with E-state index in [0.717, 1.165) is 23.1 Å². The Balaban J connectivity index is 2.11. The maximum atomic E-state index is 12.0. The highest BCUT2D eigenvalue weighted by atomic mass is 16.1. The zero-order valence-corrected chi connectivity index (χ0v) is 11.3. The number of aryl methyl sites for hydroxylation is 1. The molecule has 0 saturated heterocycles. The Morgan fingerprint density at radius 2 is 2.00 bits per heavy atom. The van der Waals surface area contributed by atoms with E-state index in [-0.39, 0.29) is 11.2 Å². The minimum atomic E-state index is -0.178. The van der Waals surface area contributed by atoms with Crippen LogP contribution in [-0.2, 0) is 13.1 Å². The van der Waals surface area contributed by atoms with Gasteiger partial charge in [0.05, 0.1) is 23.4 Å². The number of pyridine rings is 1. The van der Waals surface area contributed by atoms with Crippen molar-refractivity contribution >= 4 is 16.6 Å². The summed E-state index contributed by atoms with van der Waals surface area (Å²) in [5.41, 5.74) is 7.71. The summed E-state index contributed by atoms with van der Waals surface area (Å²) in [6, 6.07) is 11.4. The van der Waals surface area contributed by atoms with Gasteiger partial charge in [0, 0.05) is 18.1 Å². The van der Waals surface area contributed by atoms with Crippen molar-refractivity contribution in [3.63, 3.8) is 0 Å². The molecule has 0 amide bonds. The average Bonchev–Trinajstić information content (AvgIpc) is 2.82. The molecule has 5 heteroatoms. The van der Waals surface area contributed by atoms with Gasteiger partial charge in [-0.1, -0.05) is 18.2 Å². The molecule has 0 fully saturated rings. The van der Waals surface area contributed by atoms with Crippen molar-refractivity contribution in [2.24, 2.45) is 0 Å². The number of aromatic nitrogens is 3. The SMILES string of the molecule is CCn1nc(Cn2cccc(N)c2=O)c2ccccc21. The van der Waals surface area contributed by atoms with E-state index in [1.807, 2.05) is 28.9 Å². The fraction of sp³-hybridized carbons (Fsp3) is 0.200. The van der Waals surface area contributed by atoms with Crippen LogP contribution in [-0.4, -0.2) is 14.3 Å². The van der Waals surface area contributed by atoms with E-state index < -0.39 is 0 Å². The second kappa shape index (κ2) is 4.85. The van der Waals surface area contributed by atoms with E-state index in [2.05, 4.69) is 12.0 Å². The van der Waals surface area contributed by atoms with Gasteiger partial charge in [0.2, 0.25) is 0 Å². The third-order valence-electron chi connectivity index (χ3n) is 3.40. The lowest BCUT2D eigenvalue weighted by Gasteiger charge is -2.04. The first-order valence-corrected chi connectivity index (χ1v) is 6.60. The van der Waals surface area contributed by atoms with E-state index in [9.17, 15) is 4.79 Å². The van der Waals surface area contributed by atoms with Gasteiger partial charge >= 0.3 is 0 Å². The van der Waals surface area contributed by atoms with Crippen molar-refractivity contribution in [1.29, 1.82) is 0 Å². The Morgan fingerprint density at radius 3 is 2.80 bits per heavy atom. The molecule has 0 radical (unpaired) electrons. The van der Waals surface area contributed by atoms with Crippen LogP contribution in [0.2, 0.25) is 0 Å². The summed E-state index contributed by atoms with van der Waals surface area (Å²) in [5, 5.41) is 5.66. The van der Waals surface area contributed by atoms with Crippen molar-refractivity contribution in [2.45, 2.75) is 20.0 Å². The van der Waals surface area contributed by atoms with Crippen molar-refractivity contribution in [3.8, 4) is 0 Å². The van der Waals surface area contributed by atoms with Gasteiger partial charge in [-0.15, -0.1) is 0 Å². The van der Waals surface area contributed by atoms with E-state index in [4.69, 9.17) is 5.73 Å². The molecule has 5 nitrogen and oxygen atoms in total. The van der Waals surface area contributed by atoms with Gasteiger partial charge in [0.1, 0.15) is 0 Å². The molecule has 0 saturated carbocycles. The fourth-order valence-corrected chi connectivity index (χ4v) is 2.40. The maximum absolute atomic E-state index is 12.0.